The fourth-order valence-corrected chi connectivity index (χ4v) is 3.48. The van der Waals surface area contributed by atoms with Gasteiger partial charge < -0.3 is 18.6 Å². The predicted octanol–water partition coefficient (Wildman–Crippen LogP) is 5.12. The van der Waals surface area contributed by atoms with Crippen LogP contribution in [-0.2, 0) is 18.6 Å². The van der Waals surface area contributed by atoms with Crippen LogP contribution in [0.3, 0.4) is 0 Å². The summed E-state index contributed by atoms with van der Waals surface area (Å²) in [5, 5.41) is 0. The van der Waals surface area contributed by atoms with Gasteiger partial charge in [0.15, 0.2) is 0 Å². The summed E-state index contributed by atoms with van der Waals surface area (Å²) in [6, 6.07) is 0. The zero-order chi connectivity index (χ0) is 19.1. The van der Waals surface area contributed by atoms with E-state index in [1.54, 1.807) is 0 Å². The van der Waals surface area contributed by atoms with Crippen LogP contribution in [0.1, 0.15) is 88.0 Å². The molecule has 2 unspecified atom stereocenters. The minimum atomic E-state index is -0.258. The highest BCUT2D eigenvalue weighted by Crippen LogP contribution is 2.44. The summed E-state index contributed by atoms with van der Waals surface area (Å²) in [6.45, 7) is 19.3. The molecule has 2 fully saturated rings. The Morgan fingerprint density at radius 2 is 1.32 bits per heavy atom. The zero-order valence-corrected chi connectivity index (χ0v) is 17.9. The average molecular weight is 352 g/mol. The second-order valence-corrected chi connectivity index (χ2v) is 9.66. The highest BCUT2D eigenvalue weighted by molar-refractivity contribution is 6.47. The molecule has 0 N–H and O–H groups in total. The Hall–Kier alpha value is -0.0301. The largest absolute Gasteiger partial charge is 0.460 e. The number of hydrogen-bond donors (Lipinski definition) is 0. The predicted molar refractivity (Wildman–Crippen MR) is 105 cm³/mol. The van der Waals surface area contributed by atoms with E-state index in [0.29, 0.717) is 5.82 Å². The molecule has 2 heterocycles. The molecule has 0 bridgehead atoms. The maximum absolute atomic E-state index is 6.37. The van der Waals surface area contributed by atoms with Gasteiger partial charge in [0.05, 0.1) is 22.4 Å². The lowest BCUT2D eigenvalue weighted by molar-refractivity contribution is -0.0170. The number of rotatable bonds is 7. The Kier molecular flexibility index (Phi) is 6.11. The summed E-state index contributed by atoms with van der Waals surface area (Å²) >= 11 is 0. The molecule has 4 nitrogen and oxygen atoms in total. The normalized spacial score (nSPS) is 31.6. The molecular weight excluding hydrogens is 314 g/mol. The quantitative estimate of drug-likeness (QED) is 0.471. The molecule has 2 aliphatic heterocycles. The van der Waals surface area contributed by atoms with E-state index in [1.165, 1.54) is 0 Å². The SMILES string of the molecule is CCC(C)B1OC(C)(C)C(C)(CCCCB2OC(C)(C)C(C)(C)O2)O1. The van der Waals surface area contributed by atoms with Gasteiger partial charge in [-0.2, -0.15) is 0 Å². The molecule has 0 spiro atoms. The van der Waals surface area contributed by atoms with Crippen LogP contribution in [0.15, 0.2) is 0 Å². The minimum Gasteiger partial charge on any atom is -0.403 e. The summed E-state index contributed by atoms with van der Waals surface area (Å²) in [6.07, 6.45) is 5.14. The van der Waals surface area contributed by atoms with Crippen LogP contribution in [0.5, 0.6) is 0 Å². The van der Waals surface area contributed by atoms with E-state index in [2.05, 4.69) is 62.3 Å². The number of unbranched alkanes of at least 4 members (excludes halogenated alkanes) is 1. The lowest BCUT2D eigenvalue weighted by Gasteiger charge is -2.36. The van der Waals surface area contributed by atoms with Crippen LogP contribution >= 0.6 is 0 Å². The molecule has 6 heteroatoms. The van der Waals surface area contributed by atoms with Gasteiger partial charge in [0.1, 0.15) is 0 Å². The molecule has 0 aromatic carbocycles. The first kappa shape index (κ1) is 21.3. The van der Waals surface area contributed by atoms with Crippen molar-refractivity contribution >= 4 is 14.2 Å². The lowest BCUT2D eigenvalue weighted by atomic mass is 9.72. The van der Waals surface area contributed by atoms with Gasteiger partial charge in [-0.05, 0) is 67.0 Å². The van der Waals surface area contributed by atoms with E-state index in [1.807, 2.05) is 0 Å². The standard InChI is InChI=1S/C19H38B2O4/c1-10-15(2)21-24-18(7,8)19(9,25-21)13-11-12-14-20-22-16(3,4)17(5,6)23-20/h15H,10-14H2,1-9H3. The third kappa shape index (κ3) is 4.28. The maximum atomic E-state index is 6.37. The summed E-state index contributed by atoms with van der Waals surface area (Å²) in [5.41, 5.74) is -0.975. The van der Waals surface area contributed by atoms with Crippen molar-refractivity contribution in [2.45, 2.75) is 123 Å². The second-order valence-electron chi connectivity index (χ2n) is 9.66. The van der Waals surface area contributed by atoms with E-state index in [9.17, 15) is 0 Å². The molecule has 144 valence electrons. The molecule has 25 heavy (non-hydrogen) atoms. The summed E-state index contributed by atoms with van der Waals surface area (Å²) in [4.78, 5) is 0. The smallest absolute Gasteiger partial charge is 0.403 e. The van der Waals surface area contributed by atoms with E-state index < -0.39 is 0 Å². The Balaban J connectivity index is 1.81. The van der Waals surface area contributed by atoms with Gasteiger partial charge in [-0.3, -0.25) is 0 Å². The Bertz CT molecular complexity index is 450. The van der Waals surface area contributed by atoms with Crippen molar-refractivity contribution in [1.82, 2.24) is 0 Å². The number of hydrogen-bond acceptors (Lipinski definition) is 4. The van der Waals surface area contributed by atoms with Crippen LogP contribution in [0.25, 0.3) is 0 Å². The first-order chi connectivity index (χ1) is 11.3. The molecule has 0 amide bonds. The lowest BCUT2D eigenvalue weighted by Crippen LogP contribution is -2.44. The fourth-order valence-electron chi connectivity index (χ4n) is 3.48. The molecule has 0 aromatic rings. The fraction of sp³-hybridized carbons (Fsp3) is 1.00. The van der Waals surface area contributed by atoms with Gasteiger partial charge >= 0.3 is 14.2 Å². The topological polar surface area (TPSA) is 36.9 Å². The molecule has 0 aliphatic carbocycles. The summed E-state index contributed by atoms with van der Waals surface area (Å²) in [5.74, 6) is 0.422. The summed E-state index contributed by atoms with van der Waals surface area (Å²) < 4.78 is 24.8. The van der Waals surface area contributed by atoms with Gasteiger partial charge in [0.2, 0.25) is 0 Å². The molecule has 2 aliphatic rings. The molecular formula is C19H38B2O4. The Labute approximate surface area is 156 Å². The molecule has 2 rings (SSSR count). The average Bonchev–Trinajstić information content (AvgIpc) is 2.84. The molecule has 0 saturated carbocycles. The van der Waals surface area contributed by atoms with Crippen molar-refractivity contribution < 1.29 is 18.6 Å². The Morgan fingerprint density at radius 1 is 0.760 bits per heavy atom. The van der Waals surface area contributed by atoms with Crippen molar-refractivity contribution in [2.24, 2.45) is 0 Å². The summed E-state index contributed by atoms with van der Waals surface area (Å²) in [7, 11) is -0.187. The van der Waals surface area contributed by atoms with Crippen molar-refractivity contribution in [2.75, 3.05) is 0 Å². The highest BCUT2D eigenvalue weighted by atomic mass is 16.7. The minimum absolute atomic E-state index is 0.0897. The van der Waals surface area contributed by atoms with Crippen LogP contribution in [-0.4, -0.2) is 36.6 Å². The van der Waals surface area contributed by atoms with Gasteiger partial charge in [-0.25, -0.2) is 0 Å². The molecule has 0 radical (unpaired) electrons. The van der Waals surface area contributed by atoms with Crippen molar-refractivity contribution in [1.29, 1.82) is 0 Å². The monoisotopic (exact) mass is 352 g/mol. The maximum Gasteiger partial charge on any atom is 0.460 e. The van der Waals surface area contributed by atoms with Crippen LogP contribution in [0.2, 0.25) is 12.1 Å². The van der Waals surface area contributed by atoms with Gasteiger partial charge in [-0.1, -0.05) is 33.1 Å². The van der Waals surface area contributed by atoms with Crippen molar-refractivity contribution in [3.8, 4) is 0 Å². The van der Waals surface area contributed by atoms with E-state index in [0.717, 1.165) is 32.0 Å². The molecule has 0 aromatic heterocycles. The highest BCUT2D eigenvalue weighted by Gasteiger charge is 2.55. The first-order valence-corrected chi connectivity index (χ1v) is 10.0. The molecule has 2 saturated heterocycles. The van der Waals surface area contributed by atoms with Crippen LogP contribution in [0.4, 0.5) is 0 Å². The van der Waals surface area contributed by atoms with E-state index in [4.69, 9.17) is 18.6 Å². The van der Waals surface area contributed by atoms with Crippen molar-refractivity contribution in [3.63, 3.8) is 0 Å². The molecule has 2 atom stereocenters. The third-order valence-corrected chi connectivity index (χ3v) is 6.81. The Morgan fingerprint density at radius 3 is 1.84 bits per heavy atom. The van der Waals surface area contributed by atoms with E-state index >= 15 is 0 Å². The zero-order valence-electron chi connectivity index (χ0n) is 17.9. The van der Waals surface area contributed by atoms with Gasteiger partial charge in [0, 0.05) is 0 Å². The van der Waals surface area contributed by atoms with E-state index in [-0.39, 0.29) is 36.6 Å². The van der Waals surface area contributed by atoms with Crippen molar-refractivity contribution in [3.05, 3.63) is 0 Å². The third-order valence-electron chi connectivity index (χ3n) is 6.81. The van der Waals surface area contributed by atoms with Crippen LogP contribution in [0, 0.1) is 0 Å². The second kappa shape index (κ2) is 7.18. The van der Waals surface area contributed by atoms with Crippen LogP contribution < -0.4 is 0 Å². The van der Waals surface area contributed by atoms with Gasteiger partial charge in [0.25, 0.3) is 0 Å². The first-order valence-electron chi connectivity index (χ1n) is 10.0. The van der Waals surface area contributed by atoms with Gasteiger partial charge in [-0.15, -0.1) is 0 Å².